The topological polar surface area (TPSA) is 64.6 Å². The lowest BCUT2D eigenvalue weighted by atomic mass is 9.62. The highest BCUT2D eigenvalue weighted by Gasteiger charge is 2.56. The van der Waals surface area contributed by atoms with Gasteiger partial charge < -0.3 is 14.8 Å². The third-order valence-electron chi connectivity index (χ3n) is 6.53. The Hall–Kier alpha value is -1.40. The molecular weight excluding hydrogens is 350 g/mol. The van der Waals surface area contributed by atoms with E-state index in [4.69, 9.17) is 9.47 Å². The SMILES string of the molecule is CCOC(=O)c1c(NC(=O)C23CC4CC(CC(C4)O2)C3)sc2c1CCC2. The molecule has 1 aromatic rings. The van der Waals surface area contributed by atoms with Gasteiger partial charge >= 0.3 is 5.97 Å². The molecule has 140 valence electrons. The first-order valence-electron chi connectivity index (χ1n) is 9.89. The van der Waals surface area contributed by atoms with Gasteiger partial charge in [-0.25, -0.2) is 4.79 Å². The molecule has 5 nitrogen and oxygen atoms in total. The van der Waals surface area contributed by atoms with Crippen LogP contribution in [0.1, 0.15) is 66.2 Å². The Kier molecular flexibility index (Phi) is 3.90. The number of anilines is 1. The van der Waals surface area contributed by atoms with Crippen molar-refractivity contribution in [3.05, 3.63) is 16.0 Å². The number of hydrogen-bond acceptors (Lipinski definition) is 5. The zero-order valence-electron chi connectivity index (χ0n) is 15.1. The van der Waals surface area contributed by atoms with Gasteiger partial charge in [0, 0.05) is 4.88 Å². The number of rotatable bonds is 4. The monoisotopic (exact) mass is 375 g/mol. The Morgan fingerprint density at radius 1 is 1.23 bits per heavy atom. The third kappa shape index (κ3) is 2.53. The molecule has 26 heavy (non-hydrogen) atoms. The largest absolute Gasteiger partial charge is 0.462 e. The first-order valence-corrected chi connectivity index (χ1v) is 10.7. The van der Waals surface area contributed by atoms with Gasteiger partial charge in [0.25, 0.3) is 5.91 Å². The molecule has 2 unspecified atom stereocenters. The maximum atomic E-state index is 13.2. The van der Waals surface area contributed by atoms with Gasteiger partial charge in [-0.2, -0.15) is 0 Å². The maximum Gasteiger partial charge on any atom is 0.341 e. The minimum Gasteiger partial charge on any atom is -0.462 e. The number of hydrogen-bond donors (Lipinski definition) is 1. The van der Waals surface area contributed by atoms with Crippen LogP contribution in [-0.4, -0.2) is 30.2 Å². The highest BCUT2D eigenvalue weighted by Crippen LogP contribution is 2.53. The number of thiophene rings is 1. The summed E-state index contributed by atoms with van der Waals surface area (Å²) in [6, 6.07) is 0. The van der Waals surface area contributed by atoms with Gasteiger partial charge in [-0.3, -0.25) is 4.79 Å². The molecule has 1 N–H and O–H groups in total. The molecule has 0 radical (unpaired) electrons. The standard InChI is InChI=1S/C20H25NO4S/c1-2-24-18(22)16-14-4-3-5-15(14)26-17(16)21-19(23)20-9-11-6-12(10-20)8-13(7-11)25-20/h11-13H,2-10H2,1H3,(H,21,23). The van der Waals surface area contributed by atoms with E-state index in [0.717, 1.165) is 50.5 Å². The van der Waals surface area contributed by atoms with Crippen LogP contribution in [-0.2, 0) is 27.1 Å². The van der Waals surface area contributed by atoms with E-state index >= 15 is 0 Å². The smallest absolute Gasteiger partial charge is 0.341 e. The van der Waals surface area contributed by atoms with Crippen molar-refractivity contribution >= 4 is 28.2 Å². The van der Waals surface area contributed by atoms with Crippen LogP contribution in [0.2, 0.25) is 0 Å². The summed E-state index contributed by atoms with van der Waals surface area (Å²) >= 11 is 1.55. The fourth-order valence-corrected chi connectivity index (χ4v) is 7.00. The van der Waals surface area contributed by atoms with Crippen molar-refractivity contribution in [1.82, 2.24) is 0 Å². The fourth-order valence-electron chi connectivity index (χ4n) is 5.73. The van der Waals surface area contributed by atoms with E-state index in [1.807, 2.05) is 6.92 Å². The molecule has 2 saturated carbocycles. The van der Waals surface area contributed by atoms with Crippen molar-refractivity contribution in [2.45, 2.75) is 70.0 Å². The van der Waals surface area contributed by atoms with Crippen molar-refractivity contribution in [3.8, 4) is 0 Å². The molecule has 4 bridgehead atoms. The summed E-state index contributed by atoms with van der Waals surface area (Å²) in [6.07, 6.45) is 8.29. The summed E-state index contributed by atoms with van der Waals surface area (Å²) < 4.78 is 11.5. The molecule has 6 heteroatoms. The number of amides is 1. The summed E-state index contributed by atoms with van der Waals surface area (Å²) in [5.74, 6) is 0.866. The molecule has 6 rings (SSSR count). The van der Waals surface area contributed by atoms with Gasteiger partial charge in [-0.1, -0.05) is 0 Å². The third-order valence-corrected chi connectivity index (χ3v) is 7.74. The zero-order valence-corrected chi connectivity index (χ0v) is 16.0. The molecule has 1 amide bonds. The Morgan fingerprint density at radius 3 is 2.69 bits per heavy atom. The lowest BCUT2D eigenvalue weighted by Gasteiger charge is -2.55. The Labute approximate surface area is 157 Å². The van der Waals surface area contributed by atoms with E-state index in [-0.39, 0.29) is 18.0 Å². The second-order valence-corrected chi connectivity index (χ2v) is 9.42. The molecule has 3 heterocycles. The minimum atomic E-state index is -0.685. The molecule has 2 saturated heterocycles. The summed E-state index contributed by atoms with van der Waals surface area (Å²) in [6.45, 7) is 2.15. The quantitative estimate of drug-likeness (QED) is 0.815. The van der Waals surface area contributed by atoms with E-state index in [0.29, 0.717) is 29.0 Å². The molecule has 1 aromatic heterocycles. The van der Waals surface area contributed by atoms with Crippen molar-refractivity contribution in [3.63, 3.8) is 0 Å². The van der Waals surface area contributed by atoms with Gasteiger partial charge in [0.15, 0.2) is 0 Å². The number of nitrogens with one attached hydrogen (secondary N) is 1. The van der Waals surface area contributed by atoms with Crippen LogP contribution in [0, 0.1) is 11.8 Å². The molecule has 2 atom stereocenters. The molecule has 0 aromatic carbocycles. The predicted octanol–water partition coefficient (Wildman–Crippen LogP) is 3.70. The molecule has 3 aliphatic carbocycles. The maximum absolute atomic E-state index is 13.2. The van der Waals surface area contributed by atoms with Crippen molar-refractivity contribution < 1.29 is 19.1 Å². The van der Waals surface area contributed by atoms with Gasteiger partial charge in [0.2, 0.25) is 0 Å². The van der Waals surface area contributed by atoms with Crippen LogP contribution in [0.5, 0.6) is 0 Å². The van der Waals surface area contributed by atoms with Crippen LogP contribution in [0.3, 0.4) is 0 Å². The van der Waals surface area contributed by atoms with E-state index in [1.165, 1.54) is 11.3 Å². The van der Waals surface area contributed by atoms with E-state index in [2.05, 4.69) is 5.32 Å². The molecular formula is C20H25NO4S. The summed E-state index contributed by atoms with van der Waals surface area (Å²) in [4.78, 5) is 27.0. The first-order chi connectivity index (χ1) is 12.6. The summed E-state index contributed by atoms with van der Waals surface area (Å²) in [7, 11) is 0. The van der Waals surface area contributed by atoms with Crippen LogP contribution >= 0.6 is 11.3 Å². The van der Waals surface area contributed by atoms with E-state index in [9.17, 15) is 9.59 Å². The van der Waals surface area contributed by atoms with Gasteiger partial charge in [0.05, 0.1) is 18.3 Å². The number of carbonyl (C=O) groups is 2. The Morgan fingerprint density at radius 2 is 2.00 bits per heavy atom. The van der Waals surface area contributed by atoms with E-state index < -0.39 is 5.60 Å². The van der Waals surface area contributed by atoms with Gasteiger partial charge in [-0.15, -0.1) is 11.3 Å². The predicted molar refractivity (Wildman–Crippen MR) is 98.6 cm³/mol. The second-order valence-electron chi connectivity index (χ2n) is 8.32. The average Bonchev–Trinajstić information content (AvgIpc) is 3.14. The second kappa shape index (κ2) is 6.06. The Bertz CT molecular complexity index is 733. The number of carbonyl (C=O) groups excluding carboxylic acids is 2. The highest BCUT2D eigenvalue weighted by atomic mass is 32.1. The van der Waals surface area contributed by atoms with Crippen molar-refractivity contribution in [2.75, 3.05) is 11.9 Å². The first kappa shape index (κ1) is 16.8. The van der Waals surface area contributed by atoms with Crippen LogP contribution in [0.4, 0.5) is 5.00 Å². The van der Waals surface area contributed by atoms with Crippen LogP contribution in [0.15, 0.2) is 0 Å². The number of ether oxygens (including phenoxy) is 2. The molecule has 2 aliphatic heterocycles. The number of esters is 1. The lowest BCUT2D eigenvalue weighted by molar-refractivity contribution is -0.215. The molecule has 5 aliphatic rings. The Balaban J connectivity index is 1.43. The number of aryl methyl sites for hydroxylation is 1. The van der Waals surface area contributed by atoms with Gasteiger partial charge in [0.1, 0.15) is 10.6 Å². The average molecular weight is 375 g/mol. The van der Waals surface area contributed by atoms with Crippen molar-refractivity contribution in [2.24, 2.45) is 11.8 Å². The molecule has 4 fully saturated rings. The van der Waals surface area contributed by atoms with E-state index in [1.54, 1.807) is 11.3 Å². The molecule has 0 spiro atoms. The summed E-state index contributed by atoms with van der Waals surface area (Å²) in [5.41, 5.74) is 0.979. The summed E-state index contributed by atoms with van der Waals surface area (Å²) in [5, 5.41) is 3.75. The normalized spacial score (nSPS) is 34.0. The minimum absolute atomic E-state index is 0.0536. The highest BCUT2D eigenvalue weighted by molar-refractivity contribution is 7.17. The fraction of sp³-hybridized carbons (Fsp3) is 0.700. The lowest BCUT2D eigenvalue weighted by Crippen LogP contribution is -2.60. The van der Waals surface area contributed by atoms with Crippen LogP contribution in [0.25, 0.3) is 0 Å². The van der Waals surface area contributed by atoms with Gasteiger partial charge in [-0.05, 0) is 75.7 Å². The number of fused-ring (bicyclic) bond motifs is 1. The zero-order chi connectivity index (χ0) is 17.9. The van der Waals surface area contributed by atoms with Crippen LogP contribution < -0.4 is 5.32 Å². The van der Waals surface area contributed by atoms with Crippen molar-refractivity contribution in [1.29, 1.82) is 0 Å².